The maximum absolute atomic E-state index is 15.7. The van der Waals surface area contributed by atoms with Crippen LogP contribution in [0.3, 0.4) is 0 Å². The lowest BCUT2D eigenvalue weighted by Gasteiger charge is -2.26. The molecule has 4 aromatic rings. The first kappa shape index (κ1) is 27.1. The van der Waals surface area contributed by atoms with Crippen molar-refractivity contribution in [2.24, 2.45) is 13.0 Å². The highest BCUT2D eigenvalue weighted by Crippen LogP contribution is 2.41. The molecule has 0 atom stereocenters. The molecule has 0 radical (unpaired) electrons. The molecule has 0 bridgehead atoms. The van der Waals surface area contributed by atoms with Crippen LogP contribution in [0.25, 0.3) is 33.1 Å². The van der Waals surface area contributed by atoms with E-state index < -0.39 is 5.82 Å². The Morgan fingerprint density at radius 1 is 1.05 bits per heavy atom. The maximum atomic E-state index is 15.7. The molecule has 4 heterocycles. The highest BCUT2D eigenvalue weighted by atomic mass is 19.1. The zero-order valence-corrected chi connectivity index (χ0v) is 23.1. The van der Waals surface area contributed by atoms with E-state index in [1.54, 1.807) is 31.6 Å². The number of likely N-dealkylation sites (tertiary alicyclic amines) is 1. The lowest BCUT2D eigenvalue weighted by Crippen LogP contribution is -2.31. The monoisotopic (exact) mass is 535 g/mol. The van der Waals surface area contributed by atoms with Gasteiger partial charge in [-0.15, -0.1) is 0 Å². The number of aryl methyl sites for hydroxylation is 1. The summed E-state index contributed by atoms with van der Waals surface area (Å²) in [6.45, 7) is 8.70. The SMILES string of the molecule is CC(C)CCCOc1c(-c2ccc(OCCCN3CCCCC3)nc2)c(F)cc2ncc3c([nH]c(=O)n3C)c12. The Hall–Kier alpha value is -3.46. The Labute approximate surface area is 228 Å². The Morgan fingerprint density at radius 2 is 1.85 bits per heavy atom. The summed E-state index contributed by atoms with van der Waals surface area (Å²) in [5.74, 6) is 0.955. The molecule has 0 unspecified atom stereocenters. The van der Waals surface area contributed by atoms with Crippen molar-refractivity contribution in [3.05, 3.63) is 46.9 Å². The largest absolute Gasteiger partial charge is 0.492 e. The second-order valence-electron chi connectivity index (χ2n) is 10.8. The van der Waals surface area contributed by atoms with E-state index in [0.717, 1.165) is 25.8 Å². The predicted molar refractivity (Wildman–Crippen MR) is 152 cm³/mol. The summed E-state index contributed by atoms with van der Waals surface area (Å²) in [5, 5.41) is 0.587. The molecule has 0 amide bonds. The van der Waals surface area contributed by atoms with Crippen molar-refractivity contribution in [3.63, 3.8) is 0 Å². The summed E-state index contributed by atoms with van der Waals surface area (Å²) in [6, 6.07) is 4.96. The Morgan fingerprint density at radius 3 is 2.59 bits per heavy atom. The number of aromatic amines is 1. The molecule has 8 nitrogen and oxygen atoms in total. The average molecular weight is 536 g/mol. The minimum atomic E-state index is -0.455. The lowest BCUT2D eigenvalue weighted by molar-refractivity contribution is 0.203. The molecule has 39 heavy (non-hydrogen) atoms. The molecule has 3 aromatic heterocycles. The van der Waals surface area contributed by atoms with Crippen molar-refractivity contribution in [2.75, 3.05) is 32.8 Å². The number of H-pyrrole nitrogens is 1. The first-order chi connectivity index (χ1) is 18.9. The molecule has 0 aliphatic carbocycles. The van der Waals surface area contributed by atoms with Crippen LogP contribution in [0.2, 0.25) is 0 Å². The molecule has 1 fully saturated rings. The normalized spacial score (nSPS) is 14.5. The van der Waals surface area contributed by atoms with Gasteiger partial charge in [-0.3, -0.25) is 9.55 Å². The number of hydrogen-bond acceptors (Lipinski definition) is 6. The first-order valence-corrected chi connectivity index (χ1v) is 14.1. The zero-order valence-electron chi connectivity index (χ0n) is 23.1. The Kier molecular flexibility index (Phi) is 8.45. The molecular weight excluding hydrogens is 497 g/mol. The van der Waals surface area contributed by atoms with E-state index >= 15 is 4.39 Å². The van der Waals surface area contributed by atoms with Gasteiger partial charge in [0.05, 0.1) is 46.9 Å². The third kappa shape index (κ3) is 6.08. The van der Waals surface area contributed by atoms with Crippen LogP contribution in [0.5, 0.6) is 11.6 Å². The number of aromatic nitrogens is 4. The summed E-state index contributed by atoms with van der Waals surface area (Å²) in [5.41, 5.74) is 2.24. The lowest BCUT2D eigenvalue weighted by atomic mass is 10.0. The van der Waals surface area contributed by atoms with Crippen molar-refractivity contribution >= 4 is 21.9 Å². The minimum Gasteiger partial charge on any atom is -0.492 e. The van der Waals surface area contributed by atoms with Crippen LogP contribution in [0, 0.1) is 11.7 Å². The number of imidazole rings is 1. The van der Waals surface area contributed by atoms with Crippen LogP contribution in [0.15, 0.2) is 35.4 Å². The highest BCUT2D eigenvalue weighted by Gasteiger charge is 2.22. The maximum Gasteiger partial charge on any atom is 0.326 e. The van der Waals surface area contributed by atoms with Crippen LogP contribution in [0.4, 0.5) is 4.39 Å². The number of benzene rings is 1. The topological polar surface area (TPSA) is 85.3 Å². The molecule has 1 aliphatic heterocycles. The fraction of sp³-hybridized carbons (Fsp3) is 0.500. The summed E-state index contributed by atoms with van der Waals surface area (Å²) in [6.07, 6.45) is 9.84. The third-order valence-electron chi connectivity index (χ3n) is 7.46. The zero-order chi connectivity index (χ0) is 27.4. The predicted octanol–water partition coefficient (Wildman–Crippen LogP) is 5.69. The Bertz CT molecular complexity index is 1470. The van der Waals surface area contributed by atoms with Crippen LogP contribution in [0.1, 0.15) is 52.4 Å². The van der Waals surface area contributed by atoms with Gasteiger partial charge in [0, 0.05) is 37.5 Å². The smallest absolute Gasteiger partial charge is 0.326 e. The number of nitrogens with zero attached hydrogens (tertiary/aromatic N) is 4. The van der Waals surface area contributed by atoms with Gasteiger partial charge in [0.25, 0.3) is 0 Å². The van der Waals surface area contributed by atoms with Crippen LogP contribution >= 0.6 is 0 Å². The van der Waals surface area contributed by atoms with Crippen molar-refractivity contribution < 1.29 is 13.9 Å². The van der Waals surface area contributed by atoms with Gasteiger partial charge in [-0.05, 0) is 57.2 Å². The number of hydrogen-bond donors (Lipinski definition) is 1. The second kappa shape index (κ2) is 12.2. The first-order valence-electron chi connectivity index (χ1n) is 14.1. The van der Waals surface area contributed by atoms with E-state index in [0.29, 0.717) is 63.8 Å². The number of piperidine rings is 1. The molecule has 9 heteroatoms. The third-order valence-corrected chi connectivity index (χ3v) is 7.46. The van der Waals surface area contributed by atoms with E-state index in [2.05, 4.69) is 33.7 Å². The molecule has 1 N–H and O–H groups in total. The van der Waals surface area contributed by atoms with E-state index in [9.17, 15) is 4.79 Å². The Balaban J connectivity index is 1.43. The van der Waals surface area contributed by atoms with Gasteiger partial charge in [0.1, 0.15) is 11.6 Å². The van der Waals surface area contributed by atoms with Crippen LogP contribution in [-0.4, -0.2) is 57.3 Å². The number of halogens is 1. The van der Waals surface area contributed by atoms with E-state index in [-0.39, 0.29) is 5.69 Å². The molecule has 208 valence electrons. The average Bonchev–Trinajstić information content (AvgIpc) is 3.22. The second-order valence-corrected chi connectivity index (χ2v) is 10.8. The number of nitrogens with one attached hydrogen (secondary N) is 1. The molecule has 0 spiro atoms. The van der Waals surface area contributed by atoms with Crippen molar-refractivity contribution in [3.8, 4) is 22.8 Å². The fourth-order valence-electron chi connectivity index (χ4n) is 5.30. The minimum absolute atomic E-state index is 0.264. The summed E-state index contributed by atoms with van der Waals surface area (Å²) < 4.78 is 29.3. The van der Waals surface area contributed by atoms with Gasteiger partial charge in [-0.2, -0.15) is 0 Å². The van der Waals surface area contributed by atoms with Gasteiger partial charge < -0.3 is 19.4 Å². The van der Waals surface area contributed by atoms with Gasteiger partial charge in [0.2, 0.25) is 5.88 Å². The molecule has 1 saturated heterocycles. The van der Waals surface area contributed by atoms with Gasteiger partial charge in [0.15, 0.2) is 0 Å². The van der Waals surface area contributed by atoms with Crippen LogP contribution < -0.4 is 15.2 Å². The van der Waals surface area contributed by atoms with Crippen molar-refractivity contribution in [1.82, 2.24) is 24.4 Å². The molecule has 5 rings (SSSR count). The number of pyridine rings is 2. The molecular formula is C30H38FN5O3. The van der Waals surface area contributed by atoms with Gasteiger partial charge in [-0.25, -0.2) is 14.2 Å². The van der Waals surface area contributed by atoms with Gasteiger partial charge >= 0.3 is 5.69 Å². The fourth-order valence-corrected chi connectivity index (χ4v) is 5.30. The van der Waals surface area contributed by atoms with Gasteiger partial charge in [-0.1, -0.05) is 20.3 Å². The standard InChI is InChI=1S/C30H38FN5O3/c1-20(2)9-7-15-39-29-26(22(31)17-23-27(29)28-24(19-32-23)35(3)30(37)34-28)21-10-11-25(33-18-21)38-16-8-14-36-12-5-4-6-13-36/h10-11,17-20H,4-9,12-16H2,1-3H3,(H,34,37). The van der Waals surface area contributed by atoms with E-state index in [1.807, 2.05) is 0 Å². The van der Waals surface area contributed by atoms with Crippen LogP contribution in [-0.2, 0) is 7.05 Å². The summed E-state index contributed by atoms with van der Waals surface area (Å²) in [7, 11) is 1.68. The van der Waals surface area contributed by atoms with Crippen molar-refractivity contribution in [1.29, 1.82) is 0 Å². The number of rotatable bonds is 11. The van der Waals surface area contributed by atoms with Crippen molar-refractivity contribution in [2.45, 2.75) is 52.4 Å². The molecule has 0 saturated carbocycles. The highest BCUT2D eigenvalue weighted by molar-refractivity contribution is 6.08. The quantitative estimate of drug-likeness (QED) is 0.249. The molecule has 1 aliphatic rings. The number of ether oxygens (including phenoxy) is 2. The summed E-state index contributed by atoms with van der Waals surface area (Å²) >= 11 is 0. The molecule has 1 aromatic carbocycles. The number of fused-ring (bicyclic) bond motifs is 3. The van der Waals surface area contributed by atoms with E-state index in [4.69, 9.17) is 9.47 Å². The summed E-state index contributed by atoms with van der Waals surface area (Å²) in [4.78, 5) is 26.7. The van der Waals surface area contributed by atoms with E-state index in [1.165, 1.54) is 43.0 Å².